The van der Waals surface area contributed by atoms with Gasteiger partial charge in [0.1, 0.15) is 0 Å². The lowest BCUT2D eigenvalue weighted by Gasteiger charge is -2.23. The van der Waals surface area contributed by atoms with Crippen molar-refractivity contribution in [1.82, 2.24) is 9.80 Å². The van der Waals surface area contributed by atoms with Crippen LogP contribution in [0.25, 0.3) is 0 Å². The van der Waals surface area contributed by atoms with E-state index in [-0.39, 0.29) is 25.5 Å². The summed E-state index contributed by atoms with van der Waals surface area (Å²) in [6.07, 6.45) is 0.493. The number of nitrogens with zero attached hydrogens (tertiary/aromatic N) is 2. The van der Waals surface area contributed by atoms with Crippen LogP contribution in [0.5, 0.6) is 0 Å². The third-order valence-electron chi connectivity index (χ3n) is 4.44. The van der Waals surface area contributed by atoms with Gasteiger partial charge in [0.05, 0.1) is 11.1 Å². The van der Waals surface area contributed by atoms with E-state index in [4.69, 9.17) is 0 Å². The Kier molecular flexibility index (Phi) is 5.84. The Morgan fingerprint density at radius 2 is 1.37 bits per heavy atom. The van der Waals surface area contributed by atoms with E-state index in [1.54, 1.807) is 29.2 Å². The molecule has 8 heteroatoms. The normalized spacial score (nSPS) is 14.8. The molecular formula is C19H16BrF3N2O2. The second kappa shape index (κ2) is 8.12. The lowest BCUT2D eigenvalue weighted by atomic mass is 10.1. The van der Waals surface area contributed by atoms with Crippen LogP contribution in [0.4, 0.5) is 13.2 Å². The molecule has 3 rings (SSSR count). The highest BCUT2D eigenvalue weighted by molar-refractivity contribution is 9.10. The summed E-state index contributed by atoms with van der Waals surface area (Å²) in [7, 11) is 0. The van der Waals surface area contributed by atoms with Gasteiger partial charge in [0.25, 0.3) is 11.8 Å². The molecular weight excluding hydrogens is 425 g/mol. The number of hydrogen-bond donors (Lipinski definition) is 0. The Bertz CT molecular complexity index is 891. The van der Waals surface area contributed by atoms with E-state index >= 15 is 0 Å². The molecule has 27 heavy (non-hydrogen) atoms. The molecule has 1 fully saturated rings. The molecule has 1 heterocycles. The van der Waals surface area contributed by atoms with Gasteiger partial charge in [-0.05, 0) is 46.6 Å². The van der Waals surface area contributed by atoms with Crippen molar-refractivity contribution in [3.63, 3.8) is 0 Å². The first-order valence-electron chi connectivity index (χ1n) is 8.36. The van der Waals surface area contributed by atoms with Gasteiger partial charge in [-0.25, -0.2) is 13.2 Å². The standard InChI is InChI=1S/C19H16BrF3N2O2/c20-14-5-2-1-4-12(14)18(26)24-8-3-9-25(11-10-24)19(27)13-6-7-15(21)17(23)16(13)22/h1-2,4-7H,3,8-11H2. The van der Waals surface area contributed by atoms with E-state index in [2.05, 4.69) is 15.9 Å². The van der Waals surface area contributed by atoms with Crippen molar-refractivity contribution in [1.29, 1.82) is 0 Å². The Balaban J connectivity index is 1.73. The highest BCUT2D eigenvalue weighted by Crippen LogP contribution is 2.20. The van der Waals surface area contributed by atoms with Gasteiger partial charge in [0.2, 0.25) is 0 Å². The number of carbonyl (C=O) groups is 2. The fourth-order valence-electron chi connectivity index (χ4n) is 2.99. The van der Waals surface area contributed by atoms with Crippen molar-refractivity contribution in [2.24, 2.45) is 0 Å². The Hall–Kier alpha value is -2.35. The zero-order chi connectivity index (χ0) is 19.6. The van der Waals surface area contributed by atoms with E-state index in [9.17, 15) is 22.8 Å². The van der Waals surface area contributed by atoms with Crippen LogP contribution >= 0.6 is 15.9 Å². The number of carbonyl (C=O) groups excluding carboxylic acids is 2. The third-order valence-corrected chi connectivity index (χ3v) is 5.13. The van der Waals surface area contributed by atoms with Crippen molar-refractivity contribution in [2.75, 3.05) is 26.2 Å². The Morgan fingerprint density at radius 3 is 2.00 bits per heavy atom. The minimum absolute atomic E-state index is 0.171. The molecule has 0 aromatic heterocycles. The lowest BCUT2D eigenvalue weighted by Crippen LogP contribution is -2.37. The van der Waals surface area contributed by atoms with Gasteiger partial charge >= 0.3 is 0 Å². The van der Waals surface area contributed by atoms with Gasteiger partial charge in [-0.15, -0.1) is 0 Å². The summed E-state index contributed by atoms with van der Waals surface area (Å²) in [5, 5.41) is 0. The van der Waals surface area contributed by atoms with Crippen molar-refractivity contribution in [3.05, 3.63) is 69.4 Å². The van der Waals surface area contributed by atoms with Gasteiger partial charge in [0.15, 0.2) is 17.5 Å². The topological polar surface area (TPSA) is 40.6 Å². The maximum Gasteiger partial charge on any atom is 0.257 e. The second-order valence-corrected chi connectivity index (χ2v) is 7.00. The molecule has 2 aromatic rings. The summed E-state index contributed by atoms with van der Waals surface area (Å²) in [6, 6.07) is 8.71. The number of rotatable bonds is 2. The molecule has 0 N–H and O–H groups in total. The van der Waals surface area contributed by atoms with E-state index < -0.39 is 28.9 Å². The van der Waals surface area contributed by atoms with Crippen LogP contribution in [0.15, 0.2) is 40.9 Å². The summed E-state index contributed by atoms with van der Waals surface area (Å²) >= 11 is 3.35. The first-order chi connectivity index (χ1) is 12.9. The monoisotopic (exact) mass is 440 g/mol. The molecule has 0 unspecified atom stereocenters. The molecule has 1 saturated heterocycles. The van der Waals surface area contributed by atoms with Crippen LogP contribution in [-0.2, 0) is 0 Å². The zero-order valence-electron chi connectivity index (χ0n) is 14.2. The molecule has 2 aromatic carbocycles. The van der Waals surface area contributed by atoms with Crippen LogP contribution in [0.3, 0.4) is 0 Å². The fourth-order valence-corrected chi connectivity index (χ4v) is 3.44. The second-order valence-electron chi connectivity index (χ2n) is 6.14. The molecule has 0 spiro atoms. The van der Waals surface area contributed by atoms with E-state index in [1.165, 1.54) is 4.90 Å². The third kappa shape index (κ3) is 4.00. The van der Waals surface area contributed by atoms with E-state index in [1.807, 2.05) is 0 Å². The average Bonchev–Trinajstić information content (AvgIpc) is 2.92. The summed E-state index contributed by atoms with van der Waals surface area (Å²) < 4.78 is 41.1. The molecule has 1 aliphatic heterocycles. The first kappa shape index (κ1) is 19.4. The minimum Gasteiger partial charge on any atom is -0.337 e. The van der Waals surface area contributed by atoms with E-state index in [0.29, 0.717) is 23.0 Å². The first-order valence-corrected chi connectivity index (χ1v) is 9.16. The molecule has 0 bridgehead atoms. The average molecular weight is 441 g/mol. The maximum atomic E-state index is 13.9. The molecule has 142 valence electrons. The summed E-state index contributed by atoms with van der Waals surface area (Å²) in [5.41, 5.74) is 0.00315. The summed E-state index contributed by atoms with van der Waals surface area (Å²) in [4.78, 5) is 28.2. The van der Waals surface area contributed by atoms with Gasteiger partial charge in [-0.3, -0.25) is 9.59 Å². The SMILES string of the molecule is O=C(c1ccccc1Br)N1CCCN(C(=O)c2ccc(F)c(F)c2F)CC1. The molecule has 4 nitrogen and oxygen atoms in total. The number of hydrogen-bond acceptors (Lipinski definition) is 2. The van der Waals surface area contributed by atoms with Gasteiger partial charge in [0, 0.05) is 30.7 Å². The van der Waals surface area contributed by atoms with Crippen molar-refractivity contribution in [2.45, 2.75) is 6.42 Å². The maximum absolute atomic E-state index is 13.9. The van der Waals surface area contributed by atoms with Crippen LogP contribution in [-0.4, -0.2) is 47.8 Å². The molecule has 0 aliphatic carbocycles. The number of halogens is 4. The fraction of sp³-hybridized carbons (Fsp3) is 0.263. The Labute approximate surface area is 162 Å². The molecule has 0 radical (unpaired) electrons. The van der Waals surface area contributed by atoms with Gasteiger partial charge in [-0.2, -0.15) is 0 Å². The smallest absolute Gasteiger partial charge is 0.257 e. The van der Waals surface area contributed by atoms with Crippen molar-refractivity contribution >= 4 is 27.7 Å². The predicted molar refractivity (Wildman–Crippen MR) is 96.9 cm³/mol. The van der Waals surface area contributed by atoms with Crippen LogP contribution < -0.4 is 0 Å². The molecule has 1 aliphatic rings. The number of benzene rings is 2. The van der Waals surface area contributed by atoms with Crippen LogP contribution in [0, 0.1) is 17.5 Å². The number of amides is 2. The lowest BCUT2D eigenvalue weighted by molar-refractivity contribution is 0.0715. The van der Waals surface area contributed by atoms with Crippen molar-refractivity contribution in [3.8, 4) is 0 Å². The van der Waals surface area contributed by atoms with Crippen LogP contribution in [0.2, 0.25) is 0 Å². The van der Waals surface area contributed by atoms with E-state index in [0.717, 1.165) is 12.1 Å². The highest BCUT2D eigenvalue weighted by Gasteiger charge is 2.27. The predicted octanol–water partition coefficient (Wildman–Crippen LogP) is 3.85. The van der Waals surface area contributed by atoms with Gasteiger partial charge < -0.3 is 9.80 Å². The zero-order valence-corrected chi connectivity index (χ0v) is 15.8. The summed E-state index contributed by atoms with van der Waals surface area (Å²) in [6.45, 7) is 1.16. The summed E-state index contributed by atoms with van der Waals surface area (Å²) in [5.74, 6) is -5.39. The largest absolute Gasteiger partial charge is 0.337 e. The highest BCUT2D eigenvalue weighted by atomic mass is 79.9. The molecule has 0 saturated carbocycles. The van der Waals surface area contributed by atoms with Gasteiger partial charge in [-0.1, -0.05) is 12.1 Å². The quantitative estimate of drug-likeness (QED) is 0.665. The molecule has 2 amide bonds. The van der Waals surface area contributed by atoms with Crippen LogP contribution in [0.1, 0.15) is 27.1 Å². The molecule has 0 atom stereocenters. The Morgan fingerprint density at radius 1 is 0.778 bits per heavy atom. The minimum atomic E-state index is -1.67. The van der Waals surface area contributed by atoms with Crippen molar-refractivity contribution < 1.29 is 22.8 Å².